The molecule has 0 saturated heterocycles. The molecule has 2 aromatic rings. The summed E-state index contributed by atoms with van der Waals surface area (Å²) in [5.41, 5.74) is 1.86. The van der Waals surface area contributed by atoms with Gasteiger partial charge < -0.3 is 10.3 Å². The molecule has 0 bridgehead atoms. The molecule has 2 heterocycles. The zero-order valence-corrected chi connectivity index (χ0v) is 11.8. The zero-order valence-electron chi connectivity index (χ0n) is 11.0. The van der Waals surface area contributed by atoms with Crippen LogP contribution in [0.4, 0.5) is 0 Å². The number of aromatic amines is 1. The summed E-state index contributed by atoms with van der Waals surface area (Å²) in [7, 11) is 0. The van der Waals surface area contributed by atoms with Gasteiger partial charge in [-0.2, -0.15) is 0 Å². The number of nitrogens with one attached hydrogen (secondary N) is 2. The maximum Gasteiger partial charge on any atom is 0.181 e. The SMILES string of the molecule is CC(C)(C)NCCCSc1ncnc2nc[nH]c12. The van der Waals surface area contributed by atoms with Gasteiger partial charge in [-0.3, -0.25) is 0 Å². The molecule has 6 heteroatoms. The van der Waals surface area contributed by atoms with Crippen LogP contribution < -0.4 is 5.32 Å². The van der Waals surface area contributed by atoms with Gasteiger partial charge >= 0.3 is 0 Å². The molecule has 0 saturated carbocycles. The van der Waals surface area contributed by atoms with Gasteiger partial charge in [-0.05, 0) is 33.7 Å². The minimum Gasteiger partial charge on any atom is -0.341 e. The van der Waals surface area contributed by atoms with Crippen LogP contribution in [0.2, 0.25) is 0 Å². The lowest BCUT2D eigenvalue weighted by atomic mass is 10.1. The van der Waals surface area contributed by atoms with Crippen molar-refractivity contribution in [2.75, 3.05) is 12.3 Å². The van der Waals surface area contributed by atoms with Gasteiger partial charge in [0.05, 0.1) is 6.33 Å². The zero-order chi connectivity index (χ0) is 13.0. The van der Waals surface area contributed by atoms with Crippen LogP contribution in [0.25, 0.3) is 11.2 Å². The molecular formula is C12H19N5S. The molecule has 2 N–H and O–H groups in total. The van der Waals surface area contributed by atoms with E-state index in [1.54, 1.807) is 24.4 Å². The van der Waals surface area contributed by atoms with E-state index in [2.05, 4.69) is 46.0 Å². The fourth-order valence-corrected chi connectivity index (χ4v) is 2.45. The average molecular weight is 265 g/mol. The third-order valence-corrected chi connectivity index (χ3v) is 3.48. The Hall–Kier alpha value is -1.14. The number of aromatic nitrogens is 4. The topological polar surface area (TPSA) is 66.5 Å². The Morgan fingerprint density at radius 2 is 2.11 bits per heavy atom. The lowest BCUT2D eigenvalue weighted by Gasteiger charge is -2.20. The number of thioether (sulfide) groups is 1. The molecule has 0 unspecified atom stereocenters. The number of imidazole rings is 1. The molecule has 0 radical (unpaired) electrons. The van der Waals surface area contributed by atoms with Crippen molar-refractivity contribution in [1.29, 1.82) is 0 Å². The molecule has 0 fully saturated rings. The molecular weight excluding hydrogens is 246 g/mol. The van der Waals surface area contributed by atoms with Crippen LogP contribution in [0, 0.1) is 0 Å². The van der Waals surface area contributed by atoms with Crippen LogP contribution in [0.15, 0.2) is 17.7 Å². The van der Waals surface area contributed by atoms with Crippen molar-refractivity contribution in [3.05, 3.63) is 12.7 Å². The Bertz CT molecular complexity index is 502. The van der Waals surface area contributed by atoms with Gasteiger partial charge in [-0.1, -0.05) is 0 Å². The van der Waals surface area contributed by atoms with Crippen molar-refractivity contribution < 1.29 is 0 Å². The molecule has 2 aromatic heterocycles. The standard InChI is InChI=1S/C12H19N5S/c1-12(2,3)17-5-4-6-18-11-9-10(14-7-13-9)15-8-16-11/h7-8,17H,4-6H2,1-3H3,(H,13,14,15,16). The number of hydrogen-bond donors (Lipinski definition) is 2. The second kappa shape index (κ2) is 5.67. The first-order valence-electron chi connectivity index (χ1n) is 6.08. The van der Waals surface area contributed by atoms with Crippen LogP contribution >= 0.6 is 11.8 Å². The van der Waals surface area contributed by atoms with Crippen molar-refractivity contribution in [2.24, 2.45) is 0 Å². The predicted octanol–water partition coefficient (Wildman–Crippen LogP) is 2.22. The molecule has 18 heavy (non-hydrogen) atoms. The van der Waals surface area contributed by atoms with Crippen molar-refractivity contribution in [2.45, 2.75) is 37.8 Å². The van der Waals surface area contributed by atoms with Crippen molar-refractivity contribution in [3.63, 3.8) is 0 Å². The van der Waals surface area contributed by atoms with E-state index in [4.69, 9.17) is 0 Å². The first kappa shape index (κ1) is 13.3. The van der Waals surface area contributed by atoms with Crippen LogP contribution in [-0.4, -0.2) is 37.8 Å². The maximum atomic E-state index is 4.29. The molecule has 0 spiro atoms. The van der Waals surface area contributed by atoms with Gasteiger partial charge in [0.15, 0.2) is 5.65 Å². The smallest absolute Gasteiger partial charge is 0.181 e. The quantitative estimate of drug-likeness (QED) is 0.493. The second-order valence-corrected chi connectivity index (χ2v) is 6.24. The molecule has 2 rings (SSSR count). The Labute approximate surface area is 111 Å². The molecule has 0 aliphatic heterocycles. The van der Waals surface area contributed by atoms with Crippen LogP contribution in [0.5, 0.6) is 0 Å². The Balaban J connectivity index is 1.82. The van der Waals surface area contributed by atoms with Gasteiger partial charge in [0.25, 0.3) is 0 Å². The van der Waals surface area contributed by atoms with E-state index in [1.165, 1.54) is 0 Å². The fraction of sp³-hybridized carbons (Fsp3) is 0.583. The van der Waals surface area contributed by atoms with E-state index >= 15 is 0 Å². The molecule has 0 aromatic carbocycles. The van der Waals surface area contributed by atoms with Crippen molar-refractivity contribution >= 4 is 22.9 Å². The molecule has 0 aliphatic rings. The number of nitrogens with zero attached hydrogens (tertiary/aromatic N) is 3. The Morgan fingerprint density at radius 3 is 2.89 bits per heavy atom. The molecule has 0 aliphatic carbocycles. The highest BCUT2D eigenvalue weighted by molar-refractivity contribution is 7.99. The van der Waals surface area contributed by atoms with Crippen molar-refractivity contribution in [3.8, 4) is 0 Å². The van der Waals surface area contributed by atoms with E-state index in [1.807, 2.05) is 0 Å². The highest BCUT2D eigenvalue weighted by Gasteiger charge is 2.08. The predicted molar refractivity (Wildman–Crippen MR) is 74.8 cm³/mol. The van der Waals surface area contributed by atoms with Gasteiger partial charge in [0.1, 0.15) is 16.9 Å². The normalized spacial score (nSPS) is 12.2. The van der Waals surface area contributed by atoms with Gasteiger partial charge in [-0.25, -0.2) is 15.0 Å². The fourth-order valence-electron chi connectivity index (χ4n) is 1.56. The van der Waals surface area contributed by atoms with E-state index in [-0.39, 0.29) is 5.54 Å². The number of hydrogen-bond acceptors (Lipinski definition) is 5. The summed E-state index contributed by atoms with van der Waals surface area (Å²) < 4.78 is 0. The van der Waals surface area contributed by atoms with Crippen LogP contribution in [0.1, 0.15) is 27.2 Å². The summed E-state index contributed by atoms with van der Waals surface area (Å²) >= 11 is 1.74. The molecule has 0 amide bonds. The van der Waals surface area contributed by atoms with Crippen LogP contribution in [-0.2, 0) is 0 Å². The van der Waals surface area contributed by atoms with Crippen molar-refractivity contribution in [1.82, 2.24) is 25.3 Å². The van der Waals surface area contributed by atoms with E-state index < -0.39 is 0 Å². The Morgan fingerprint density at radius 1 is 1.28 bits per heavy atom. The third-order valence-electron chi connectivity index (χ3n) is 2.40. The molecule has 98 valence electrons. The van der Waals surface area contributed by atoms with Crippen LogP contribution in [0.3, 0.4) is 0 Å². The largest absolute Gasteiger partial charge is 0.341 e. The van der Waals surface area contributed by atoms with Gasteiger partial charge in [0, 0.05) is 11.3 Å². The summed E-state index contributed by atoms with van der Waals surface area (Å²) in [4.78, 5) is 15.6. The summed E-state index contributed by atoms with van der Waals surface area (Å²) in [6.45, 7) is 7.56. The van der Waals surface area contributed by atoms with E-state index in [9.17, 15) is 0 Å². The Kier molecular flexibility index (Phi) is 4.19. The molecule has 5 nitrogen and oxygen atoms in total. The lowest BCUT2D eigenvalue weighted by molar-refractivity contribution is 0.427. The number of rotatable bonds is 5. The number of H-pyrrole nitrogens is 1. The minimum absolute atomic E-state index is 0.191. The highest BCUT2D eigenvalue weighted by atomic mass is 32.2. The lowest BCUT2D eigenvalue weighted by Crippen LogP contribution is -2.36. The maximum absolute atomic E-state index is 4.29. The summed E-state index contributed by atoms with van der Waals surface area (Å²) in [6.07, 6.45) is 4.34. The van der Waals surface area contributed by atoms with Gasteiger partial charge in [0.2, 0.25) is 0 Å². The first-order valence-corrected chi connectivity index (χ1v) is 7.07. The average Bonchev–Trinajstić information content (AvgIpc) is 2.75. The molecule has 0 atom stereocenters. The van der Waals surface area contributed by atoms with Gasteiger partial charge in [-0.15, -0.1) is 11.8 Å². The first-order chi connectivity index (χ1) is 8.56. The van der Waals surface area contributed by atoms with E-state index in [0.717, 1.165) is 34.9 Å². The minimum atomic E-state index is 0.191. The summed E-state index contributed by atoms with van der Waals surface area (Å²) in [6, 6.07) is 0. The van der Waals surface area contributed by atoms with E-state index in [0.29, 0.717) is 0 Å². The third kappa shape index (κ3) is 3.68. The highest BCUT2D eigenvalue weighted by Crippen LogP contribution is 2.22. The summed E-state index contributed by atoms with van der Waals surface area (Å²) in [5, 5.41) is 4.45. The second-order valence-electron chi connectivity index (χ2n) is 5.16. The monoisotopic (exact) mass is 265 g/mol. The summed E-state index contributed by atoms with van der Waals surface area (Å²) in [5.74, 6) is 1.04. The number of fused-ring (bicyclic) bond motifs is 1.